The Morgan fingerprint density at radius 1 is 0.464 bits per heavy atom. The van der Waals surface area contributed by atoms with Gasteiger partial charge in [-0.2, -0.15) is 0 Å². The highest BCUT2D eigenvalue weighted by atomic mass is 35.5. The summed E-state index contributed by atoms with van der Waals surface area (Å²) < 4.78 is 14.0. The predicted octanol–water partition coefficient (Wildman–Crippen LogP) is 13.2. The second-order valence-corrected chi connectivity index (χ2v) is 22.2. The number of aliphatic carboxylic acids is 1. The van der Waals surface area contributed by atoms with Crippen molar-refractivity contribution >= 4 is 70.1 Å². The third-order valence-corrected chi connectivity index (χ3v) is 10.6. The second-order valence-electron chi connectivity index (χ2n) is 22.0. The average Bonchev–Trinajstić information content (AvgIpc) is 3.43. The fraction of sp³-hybridized carbons (Fsp3) is 0.582. The number of carboxylic acid groups (broad SMARTS) is 1. The molecule has 16 nitrogen and oxygen atoms in total. The molecule has 0 spiro atoms. The molecule has 0 saturated carbocycles. The number of amides is 1. The molecule has 0 aliphatic rings. The lowest BCUT2D eigenvalue weighted by Gasteiger charge is -2.11. The lowest BCUT2D eigenvalue weighted by atomic mass is 10.0. The van der Waals surface area contributed by atoms with Crippen molar-refractivity contribution in [3.63, 3.8) is 0 Å². The first kappa shape index (κ1) is 91.5. The van der Waals surface area contributed by atoms with Crippen LogP contribution in [-0.2, 0) is 59.0 Å². The molecular weight excluding hydrogens is 1090 g/mol. The molecule has 480 valence electrons. The molecule has 2 N–H and O–H groups in total. The third kappa shape index (κ3) is 61.8. The van der Waals surface area contributed by atoms with Crippen LogP contribution in [0.25, 0.3) is 0 Å². The number of para-hydroxylation sites is 1. The molecule has 3 aromatic carbocycles. The van der Waals surface area contributed by atoms with Crippen LogP contribution >= 0.6 is 11.6 Å². The first-order valence-electron chi connectivity index (χ1n) is 28.4. The Bertz CT molecular complexity index is 2070. The maximum absolute atomic E-state index is 11.3. The lowest BCUT2D eigenvalue weighted by Crippen LogP contribution is -2.26. The van der Waals surface area contributed by atoms with Crippen molar-refractivity contribution in [3.05, 3.63) is 102 Å². The molecule has 0 radical (unpaired) electrons. The number of rotatable bonds is 18. The van der Waals surface area contributed by atoms with Crippen LogP contribution in [0.5, 0.6) is 5.75 Å². The summed E-state index contributed by atoms with van der Waals surface area (Å²) in [5.41, 5.74) is 1.92. The van der Waals surface area contributed by atoms with E-state index in [2.05, 4.69) is 9.47 Å². The number of nitrogens with zero attached hydrogens (tertiary/aromatic N) is 1. The fourth-order valence-corrected chi connectivity index (χ4v) is 4.37. The maximum atomic E-state index is 11.3. The first-order chi connectivity index (χ1) is 38.7. The topological polar surface area (TPSA) is 242 Å². The van der Waals surface area contributed by atoms with Crippen LogP contribution in [-0.4, -0.2) is 121 Å². The number of carbonyl (C=O) groups excluding carboxylic acids is 9. The van der Waals surface area contributed by atoms with Gasteiger partial charge in [-0.3, -0.25) is 47.9 Å². The number of Topliss-reactive ketones (excluding diaryl/α,β-unsaturated/α-hetero) is 6. The monoisotopic (exact) mass is 1200 g/mol. The van der Waals surface area contributed by atoms with E-state index < -0.39 is 5.97 Å². The van der Waals surface area contributed by atoms with Crippen molar-refractivity contribution in [2.24, 2.45) is 59.2 Å². The van der Waals surface area contributed by atoms with E-state index in [4.69, 9.17) is 26.6 Å². The molecule has 0 aliphatic heterocycles. The minimum Gasteiger partial charge on any atom is -0.481 e. The van der Waals surface area contributed by atoms with Gasteiger partial charge in [-0.15, -0.1) is 11.6 Å². The summed E-state index contributed by atoms with van der Waals surface area (Å²) >= 11 is 5.20. The maximum Gasteiger partial charge on any atom is 0.313 e. The number of carboxylic acids is 1. The minimum absolute atomic E-state index is 0.00463. The van der Waals surface area contributed by atoms with Gasteiger partial charge >= 0.3 is 17.9 Å². The molecule has 0 aliphatic carbocycles. The number of hydrogen-bond acceptors (Lipinski definition) is 14. The third-order valence-electron chi connectivity index (χ3n) is 10.3. The van der Waals surface area contributed by atoms with Gasteiger partial charge in [0.2, 0.25) is 5.91 Å². The largest absolute Gasteiger partial charge is 0.481 e. The molecule has 0 aromatic heterocycles. The summed E-state index contributed by atoms with van der Waals surface area (Å²) in [5, 5.41) is 16.1. The molecule has 84 heavy (non-hydrogen) atoms. The van der Waals surface area contributed by atoms with E-state index in [-0.39, 0.29) is 125 Å². The number of methoxy groups -OCH3 is 2. The molecule has 0 fully saturated rings. The number of ketones is 6. The number of ether oxygens (including phenoxy) is 3. The fourth-order valence-electron chi connectivity index (χ4n) is 4.06. The van der Waals surface area contributed by atoms with Crippen molar-refractivity contribution in [2.45, 2.75) is 152 Å². The van der Waals surface area contributed by atoms with Gasteiger partial charge in [0.15, 0.2) is 17.3 Å². The highest BCUT2D eigenvalue weighted by molar-refractivity contribution is 6.27. The standard InChI is InChI=1S/C11H14O.C10H12O2.C10H12O.C6H13NO.C6H12O2.C5H9ClO.2C5H10O2.C5H10O.C4H8O2/c1-9(2)11(12)8-10-6-4-3-5-7-10;1-8(2)10(11)12-9-6-4-3-5-7-9;1-8(2)10(11)9-6-4-3-5-7-9;1-5(2)6(8)7(3)4;1-5(2)6(7)4-8-3;1-4(2)5(7)3-6;1-4(2)5(6)7-3;1-4(2)5(7)3-6;1-4(2)5(3)6;1-3(2)4(5)6/h3-7,9H,8H2,1-2H3;3-8H,1-2H3;3-8H,1-2H3;5H,1-4H3;5H,4H2,1-3H3;4H,3H2,1-2H3;4H,1-3H3;4,6H,3H2,1-2H3;4H,1-3H3;3H,1-2H3,(H,5,6). The number of esters is 2. The summed E-state index contributed by atoms with van der Waals surface area (Å²) in [4.78, 5) is 108. The van der Waals surface area contributed by atoms with Crippen LogP contribution in [0.2, 0.25) is 0 Å². The summed E-state index contributed by atoms with van der Waals surface area (Å²) in [6.07, 6.45) is 0.568. The molecule has 0 heterocycles. The Morgan fingerprint density at radius 2 is 0.821 bits per heavy atom. The highest BCUT2D eigenvalue weighted by Gasteiger charge is 2.11. The molecular formula is C67H110ClNO15. The molecule has 3 aromatic rings. The zero-order chi connectivity index (χ0) is 67.4. The van der Waals surface area contributed by atoms with E-state index in [0.717, 1.165) is 11.1 Å². The number of alkyl halides is 1. The van der Waals surface area contributed by atoms with Crippen molar-refractivity contribution in [1.82, 2.24) is 4.90 Å². The average molecular weight is 1210 g/mol. The Morgan fingerprint density at radius 3 is 1.01 bits per heavy atom. The van der Waals surface area contributed by atoms with E-state index in [1.165, 1.54) is 14.2 Å². The number of aliphatic hydroxyl groups excluding tert-OH is 1. The summed E-state index contributed by atoms with van der Waals surface area (Å²) in [5.74, 6) is 1.26. The summed E-state index contributed by atoms with van der Waals surface area (Å²) in [7, 11) is 6.45. The smallest absolute Gasteiger partial charge is 0.313 e. The van der Waals surface area contributed by atoms with Gasteiger partial charge in [0.1, 0.15) is 36.3 Å². The van der Waals surface area contributed by atoms with Crippen molar-refractivity contribution < 1.29 is 72.4 Å². The number of hydrogen-bond donors (Lipinski definition) is 2. The summed E-state index contributed by atoms with van der Waals surface area (Å²) in [6.45, 7) is 38.2. The Labute approximate surface area is 511 Å². The van der Waals surface area contributed by atoms with Crippen LogP contribution in [0.15, 0.2) is 91.0 Å². The molecule has 1 amide bonds. The van der Waals surface area contributed by atoms with Gasteiger partial charge in [-0.1, -0.05) is 217 Å². The van der Waals surface area contributed by atoms with Crippen LogP contribution in [0.4, 0.5) is 0 Å². The van der Waals surface area contributed by atoms with Crippen LogP contribution in [0.1, 0.15) is 161 Å². The summed E-state index contributed by atoms with van der Waals surface area (Å²) in [6, 6.07) is 28.3. The zero-order valence-electron chi connectivity index (χ0n) is 55.8. The Hall–Kier alpha value is -6.23. The van der Waals surface area contributed by atoms with Gasteiger partial charge in [0, 0.05) is 74.6 Å². The van der Waals surface area contributed by atoms with E-state index in [1.807, 2.05) is 176 Å². The van der Waals surface area contributed by atoms with Crippen LogP contribution in [0, 0.1) is 59.2 Å². The molecule has 0 saturated heterocycles. The number of carbonyl (C=O) groups is 10. The van der Waals surface area contributed by atoms with E-state index in [0.29, 0.717) is 18.0 Å². The number of halogens is 1. The van der Waals surface area contributed by atoms with Gasteiger partial charge in [-0.25, -0.2) is 0 Å². The molecule has 17 heteroatoms. The van der Waals surface area contributed by atoms with Crippen molar-refractivity contribution in [2.75, 3.05) is 47.4 Å². The Balaban J connectivity index is -0.000000159. The first-order valence-corrected chi connectivity index (χ1v) is 28.9. The second kappa shape index (κ2) is 57.2. The van der Waals surface area contributed by atoms with Gasteiger partial charge < -0.3 is 29.3 Å². The van der Waals surface area contributed by atoms with Crippen molar-refractivity contribution in [1.29, 1.82) is 0 Å². The number of aliphatic hydroxyl groups is 1. The van der Waals surface area contributed by atoms with Gasteiger partial charge in [0.05, 0.1) is 30.7 Å². The van der Waals surface area contributed by atoms with Crippen molar-refractivity contribution in [3.8, 4) is 5.75 Å². The lowest BCUT2D eigenvalue weighted by molar-refractivity contribution is -0.144. The van der Waals surface area contributed by atoms with Gasteiger partial charge in [0.25, 0.3) is 0 Å². The zero-order valence-corrected chi connectivity index (χ0v) is 56.5. The SMILES string of the molecule is CC(=O)C(C)C.CC(C)C(=O)CCl.CC(C)C(=O)CO.CC(C)C(=O)Cc1ccccc1.CC(C)C(=O)N(C)C.CC(C)C(=O)O.CC(C)C(=O)Oc1ccccc1.CC(C)C(=O)c1ccccc1.COC(=O)C(C)C.COCC(=O)C(C)C. The van der Waals surface area contributed by atoms with E-state index >= 15 is 0 Å². The number of benzene rings is 3. The minimum atomic E-state index is -0.741. The van der Waals surface area contributed by atoms with Crippen LogP contribution < -0.4 is 4.74 Å². The highest BCUT2D eigenvalue weighted by Crippen LogP contribution is 2.11. The Kier molecular flexibility index (Phi) is 62.3. The molecule has 0 bridgehead atoms. The predicted molar refractivity (Wildman–Crippen MR) is 340 cm³/mol. The molecule has 3 rings (SSSR count). The normalized spacial score (nSPS) is 9.77. The quantitative estimate of drug-likeness (QED) is 0.0521. The van der Waals surface area contributed by atoms with Gasteiger partial charge in [-0.05, 0) is 24.6 Å². The van der Waals surface area contributed by atoms with Crippen LogP contribution in [0.3, 0.4) is 0 Å². The van der Waals surface area contributed by atoms with E-state index in [9.17, 15) is 47.9 Å². The molecule has 0 atom stereocenters. The van der Waals surface area contributed by atoms with E-state index in [1.54, 1.807) is 79.6 Å². The molecule has 0 unspecified atom stereocenters.